The van der Waals surface area contributed by atoms with Gasteiger partial charge in [0.1, 0.15) is 21.2 Å². The molecule has 8 nitrogen and oxygen atoms in total. The number of fused-ring (bicyclic) bond motifs is 5. The summed E-state index contributed by atoms with van der Waals surface area (Å²) in [6.07, 6.45) is 2.19. The van der Waals surface area contributed by atoms with Gasteiger partial charge in [-0.1, -0.05) is 59.4 Å². The molecule has 10 heteroatoms. The summed E-state index contributed by atoms with van der Waals surface area (Å²) in [5, 5.41) is 3.34. The lowest BCUT2D eigenvalue weighted by molar-refractivity contribution is 0.398. The smallest absolute Gasteiger partial charge is 0.346 e. The molecule has 0 aliphatic carbocycles. The van der Waals surface area contributed by atoms with Gasteiger partial charge < -0.3 is 18.6 Å². The standard InChI is InChI=1S/C26H26N2O2S.C20H18N2O2S.CH4/c1-25(2)9-11-28-12-10-26(3,4)20-21(28)17(25)14-15-13-16(24(29)30-22(15)20)23-27-18-7-5-6-8-19(18)31-23;1-3-22(4-2)14-10-9-13-11-15(20(23)24-17(13)12-14)19-21-16-7-5-6-8-18(16)25-19;/h5-8,13-14H,9-12H2,1-4H3;5-12H,3-4H2,1-2H3;1H4. The van der Waals surface area contributed by atoms with Crippen LogP contribution in [-0.2, 0) is 10.8 Å². The van der Waals surface area contributed by atoms with E-state index in [1.807, 2.05) is 72.8 Å². The molecule has 6 heterocycles. The Morgan fingerprint density at radius 3 is 1.86 bits per heavy atom. The summed E-state index contributed by atoms with van der Waals surface area (Å²) in [6, 6.07) is 28.0. The predicted molar refractivity (Wildman–Crippen MR) is 240 cm³/mol. The van der Waals surface area contributed by atoms with Crippen molar-refractivity contribution in [3.8, 4) is 21.1 Å². The first-order valence-corrected chi connectivity index (χ1v) is 21.0. The van der Waals surface area contributed by atoms with Crippen LogP contribution < -0.4 is 21.1 Å². The first kappa shape index (κ1) is 38.5. The van der Waals surface area contributed by atoms with Crippen LogP contribution in [0.15, 0.2) is 103 Å². The van der Waals surface area contributed by atoms with E-state index in [1.54, 1.807) is 11.3 Å². The molecule has 0 saturated heterocycles. The van der Waals surface area contributed by atoms with Crippen molar-refractivity contribution in [3.63, 3.8) is 0 Å². The highest BCUT2D eigenvalue weighted by Gasteiger charge is 2.42. The van der Waals surface area contributed by atoms with Gasteiger partial charge in [0.2, 0.25) is 0 Å². The van der Waals surface area contributed by atoms with E-state index in [0.29, 0.717) is 21.7 Å². The van der Waals surface area contributed by atoms with Crippen LogP contribution in [0, 0.1) is 0 Å². The van der Waals surface area contributed by atoms with Crippen molar-refractivity contribution < 1.29 is 8.83 Å². The minimum absolute atomic E-state index is 0. The second kappa shape index (κ2) is 14.6. The minimum atomic E-state index is -0.344. The van der Waals surface area contributed by atoms with Gasteiger partial charge in [0.05, 0.1) is 31.6 Å². The molecule has 10 rings (SSSR count). The molecule has 0 unspecified atom stereocenters. The zero-order valence-electron chi connectivity index (χ0n) is 32.6. The zero-order valence-corrected chi connectivity index (χ0v) is 34.2. The van der Waals surface area contributed by atoms with Crippen molar-refractivity contribution in [2.24, 2.45) is 0 Å². The van der Waals surface area contributed by atoms with Crippen LogP contribution in [0.4, 0.5) is 11.4 Å². The maximum atomic E-state index is 13.2. The molecule has 4 aromatic carbocycles. The van der Waals surface area contributed by atoms with Crippen LogP contribution in [-0.4, -0.2) is 36.1 Å². The average Bonchev–Trinajstić information content (AvgIpc) is 3.82. The maximum absolute atomic E-state index is 13.2. The third-order valence-electron chi connectivity index (χ3n) is 11.6. The van der Waals surface area contributed by atoms with Crippen LogP contribution >= 0.6 is 22.7 Å². The molecular weight excluding hydrogens is 749 g/mol. The molecule has 0 bridgehead atoms. The van der Waals surface area contributed by atoms with Crippen molar-refractivity contribution in [2.75, 3.05) is 36.0 Å². The number of thiazole rings is 2. The Hall–Kier alpha value is -5.32. The number of hydrogen-bond donors (Lipinski definition) is 0. The van der Waals surface area contributed by atoms with Gasteiger partial charge in [-0.3, -0.25) is 0 Å². The fraction of sp³-hybridized carbons (Fsp3) is 0.319. The number of nitrogens with zero attached hydrogens (tertiary/aromatic N) is 4. The van der Waals surface area contributed by atoms with Crippen molar-refractivity contribution in [1.29, 1.82) is 0 Å². The van der Waals surface area contributed by atoms with Gasteiger partial charge in [-0.15, -0.1) is 22.7 Å². The Bertz CT molecular complexity index is 2860. The first-order valence-electron chi connectivity index (χ1n) is 19.4. The van der Waals surface area contributed by atoms with Gasteiger partial charge in [-0.2, -0.15) is 0 Å². The van der Waals surface area contributed by atoms with Gasteiger partial charge in [0.25, 0.3) is 0 Å². The van der Waals surface area contributed by atoms with E-state index in [0.717, 1.165) is 86.5 Å². The van der Waals surface area contributed by atoms with Crippen LogP contribution in [0.1, 0.15) is 72.9 Å². The lowest BCUT2D eigenvalue weighted by Gasteiger charge is -2.48. The van der Waals surface area contributed by atoms with E-state index in [-0.39, 0.29) is 29.5 Å². The molecule has 2 aliphatic rings. The predicted octanol–water partition coefficient (Wildman–Crippen LogP) is 11.8. The van der Waals surface area contributed by atoms with Gasteiger partial charge in [0.15, 0.2) is 0 Å². The third kappa shape index (κ3) is 6.72. The molecule has 0 saturated carbocycles. The topological polar surface area (TPSA) is 92.7 Å². The normalized spacial score (nSPS) is 15.3. The van der Waals surface area contributed by atoms with E-state index in [2.05, 4.69) is 68.5 Å². The molecule has 0 atom stereocenters. The Morgan fingerprint density at radius 2 is 1.26 bits per heavy atom. The molecule has 8 aromatic rings. The maximum Gasteiger partial charge on any atom is 0.346 e. The summed E-state index contributed by atoms with van der Waals surface area (Å²) < 4.78 is 13.9. The molecule has 0 N–H and O–H groups in total. The molecule has 0 amide bonds. The number of anilines is 2. The highest BCUT2D eigenvalue weighted by molar-refractivity contribution is 7.22. The van der Waals surface area contributed by atoms with Crippen molar-refractivity contribution in [1.82, 2.24) is 9.97 Å². The molecule has 4 aromatic heterocycles. The van der Waals surface area contributed by atoms with Crippen LogP contribution in [0.25, 0.3) is 63.5 Å². The van der Waals surface area contributed by atoms with Crippen molar-refractivity contribution in [2.45, 2.75) is 72.6 Å². The molecule has 292 valence electrons. The van der Waals surface area contributed by atoms with Crippen LogP contribution in [0.2, 0.25) is 0 Å². The molecule has 0 fully saturated rings. The number of benzene rings is 4. The summed E-state index contributed by atoms with van der Waals surface area (Å²) in [7, 11) is 0. The number of rotatable bonds is 5. The van der Waals surface area contributed by atoms with Crippen LogP contribution in [0.5, 0.6) is 0 Å². The first-order chi connectivity index (χ1) is 26.9. The third-order valence-corrected chi connectivity index (χ3v) is 13.8. The summed E-state index contributed by atoms with van der Waals surface area (Å²) in [6.45, 7) is 17.4. The molecule has 0 radical (unpaired) electrons. The molecular formula is C47H48N4O4S2. The minimum Gasteiger partial charge on any atom is -0.422 e. The van der Waals surface area contributed by atoms with Gasteiger partial charge in [0, 0.05) is 60.0 Å². The fourth-order valence-electron chi connectivity index (χ4n) is 8.31. The van der Waals surface area contributed by atoms with E-state index in [4.69, 9.17) is 13.8 Å². The molecule has 0 spiro atoms. The van der Waals surface area contributed by atoms with Crippen molar-refractivity contribution >= 4 is 76.4 Å². The largest absolute Gasteiger partial charge is 0.422 e. The second-order valence-corrected chi connectivity index (χ2v) is 18.1. The number of hydrogen-bond acceptors (Lipinski definition) is 10. The Kier molecular flexibility index (Phi) is 9.85. The fourth-order valence-corrected chi connectivity index (χ4v) is 10.2. The molecule has 2 aliphatic heterocycles. The summed E-state index contributed by atoms with van der Waals surface area (Å²) in [5.74, 6) is 0. The van der Waals surface area contributed by atoms with E-state index in [9.17, 15) is 9.59 Å². The van der Waals surface area contributed by atoms with Crippen LogP contribution in [0.3, 0.4) is 0 Å². The lowest BCUT2D eigenvalue weighted by atomic mass is 9.69. The van der Waals surface area contributed by atoms with E-state index >= 15 is 0 Å². The summed E-state index contributed by atoms with van der Waals surface area (Å²) in [4.78, 5) is 39.7. The lowest BCUT2D eigenvalue weighted by Crippen LogP contribution is -2.44. The Labute approximate surface area is 340 Å². The van der Waals surface area contributed by atoms with Crippen molar-refractivity contribution in [3.05, 3.63) is 117 Å². The highest BCUT2D eigenvalue weighted by atomic mass is 32.1. The average molecular weight is 797 g/mol. The monoisotopic (exact) mass is 796 g/mol. The van der Waals surface area contributed by atoms with E-state index < -0.39 is 0 Å². The SMILES string of the molecule is C.CC1(C)CCN2CCC(C)(C)c3c2c1cc1cc(-c2nc4ccccc4s2)c(=O)oc31.CCN(CC)c1ccc2cc(-c3nc4ccccc4s3)c(=O)oc2c1. The van der Waals surface area contributed by atoms with E-state index in [1.165, 1.54) is 28.2 Å². The summed E-state index contributed by atoms with van der Waals surface area (Å²) in [5.41, 5.74) is 8.60. The van der Waals surface area contributed by atoms with Gasteiger partial charge >= 0.3 is 11.3 Å². The van der Waals surface area contributed by atoms with Gasteiger partial charge in [-0.25, -0.2) is 19.6 Å². The Balaban J connectivity index is 0.000000161. The molecule has 57 heavy (non-hydrogen) atoms. The Morgan fingerprint density at radius 1 is 0.702 bits per heavy atom. The highest BCUT2D eigenvalue weighted by Crippen LogP contribution is 2.52. The second-order valence-electron chi connectivity index (χ2n) is 16.1. The number of para-hydroxylation sites is 2. The number of aromatic nitrogens is 2. The van der Waals surface area contributed by atoms with Gasteiger partial charge in [-0.05, 0) is 97.7 Å². The quantitative estimate of drug-likeness (QED) is 0.159. The zero-order chi connectivity index (χ0) is 38.9. The summed E-state index contributed by atoms with van der Waals surface area (Å²) >= 11 is 3.05.